The Morgan fingerprint density at radius 3 is 2.67 bits per heavy atom. The summed E-state index contributed by atoms with van der Waals surface area (Å²) in [5.74, 6) is 3.23. The molecule has 0 radical (unpaired) electrons. The number of benzene rings is 1. The largest absolute Gasteiger partial charge is 0.488 e. The maximum Gasteiger partial charge on any atom is 0.120 e. The maximum atomic E-state index is 5.32. The van der Waals surface area contributed by atoms with Gasteiger partial charge in [0.15, 0.2) is 0 Å². The van der Waals surface area contributed by atoms with Crippen molar-refractivity contribution < 1.29 is 4.74 Å². The Balaban J connectivity index is 2.45. The van der Waals surface area contributed by atoms with E-state index in [2.05, 4.69) is 12.5 Å². The summed E-state index contributed by atoms with van der Waals surface area (Å²) in [6.07, 6.45) is 5.11. The molecule has 12 heavy (non-hydrogen) atoms. The number of hydrogen-bond donors (Lipinski definition) is 0. The van der Waals surface area contributed by atoms with Crippen LogP contribution >= 0.6 is 0 Å². The predicted octanol–water partition coefficient (Wildman–Crippen LogP) is 2.25. The van der Waals surface area contributed by atoms with Crippen molar-refractivity contribution in [2.45, 2.75) is 0 Å². The molecule has 0 saturated heterocycles. The minimum Gasteiger partial charge on any atom is -0.488 e. The second-order valence-electron chi connectivity index (χ2n) is 2.35. The summed E-state index contributed by atoms with van der Waals surface area (Å²) < 4.78 is 5.32. The predicted molar refractivity (Wildman–Crippen MR) is 49.9 cm³/mol. The van der Waals surface area contributed by atoms with Crippen LogP contribution in [0.3, 0.4) is 0 Å². The molecule has 0 bridgehead atoms. The van der Waals surface area contributed by atoms with Crippen molar-refractivity contribution >= 4 is 0 Å². The summed E-state index contributed by atoms with van der Waals surface area (Å²) in [4.78, 5) is 0. The molecule has 0 heterocycles. The average molecular weight is 158 g/mol. The normalized spacial score (nSPS) is 8.58. The molecule has 0 fully saturated rings. The van der Waals surface area contributed by atoms with Crippen LogP contribution < -0.4 is 4.74 Å². The van der Waals surface area contributed by atoms with Gasteiger partial charge in [0.1, 0.15) is 12.4 Å². The number of rotatable bonds is 3. The number of terminal acetylenes is 1. The lowest BCUT2D eigenvalue weighted by Gasteiger charge is -2.03. The second kappa shape index (κ2) is 4.25. The Kier molecular flexibility index (Phi) is 2.98. The number of para-hydroxylation sites is 1. The highest BCUT2D eigenvalue weighted by molar-refractivity contribution is 5.25. The highest BCUT2D eigenvalue weighted by atomic mass is 16.5. The summed E-state index contributed by atoms with van der Waals surface area (Å²) in [6, 6.07) is 9.51. The van der Waals surface area contributed by atoms with Gasteiger partial charge in [0.25, 0.3) is 0 Å². The molecule has 0 saturated carbocycles. The standard InChI is InChI=1S/C11H10O/c1-3-10(2)9-12-11-7-5-4-6-8-11/h1,4-8H,2,9H2. The molecule has 0 aromatic heterocycles. The van der Waals surface area contributed by atoms with E-state index in [1.807, 2.05) is 30.3 Å². The molecular formula is C11H10O. The van der Waals surface area contributed by atoms with E-state index in [0.717, 1.165) is 5.75 Å². The zero-order valence-corrected chi connectivity index (χ0v) is 6.79. The van der Waals surface area contributed by atoms with Gasteiger partial charge in [0.05, 0.1) is 0 Å². The highest BCUT2D eigenvalue weighted by Gasteiger charge is 1.91. The maximum absolute atomic E-state index is 5.32. The van der Waals surface area contributed by atoms with Gasteiger partial charge in [0.2, 0.25) is 0 Å². The fraction of sp³-hybridized carbons (Fsp3) is 0.0909. The van der Waals surface area contributed by atoms with Gasteiger partial charge < -0.3 is 4.74 Å². The Morgan fingerprint density at radius 1 is 1.42 bits per heavy atom. The zero-order chi connectivity index (χ0) is 8.81. The molecule has 0 spiro atoms. The van der Waals surface area contributed by atoms with Gasteiger partial charge in [0, 0.05) is 5.57 Å². The van der Waals surface area contributed by atoms with Crippen LogP contribution in [-0.2, 0) is 0 Å². The van der Waals surface area contributed by atoms with Crippen LogP contribution in [0.4, 0.5) is 0 Å². The van der Waals surface area contributed by atoms with E-state index in [-0.39, 0.29) is 0 Å². The number of hydrogen-bond acceptors (Lipinski definition) is 1. The van der Waals surface area contributed by atoms with E-state index in [4.69, 9.17) is 11.2 Å². The Bertz CT molecular complexity index is 293. The molecule has 0 aliphatic carbocycles. The fourth-order valence-electron chi connectivity index (χ4n) is 0.729. The van der Waals surface area contributed by atoms with E-state index in [0.29, 0.717) is 12.2 Å². The van der Waals surface area contributed by atoms with E-state index < -0.39 is 0 Å². The van der Waals surface area contributed by atoms with Crippen molar-refractivity contribution in [3.8, 4) is 18.1 Å². The quantitative estimate of drug-likeness (QED) is 0.613. The second-order valence-corrected chi connectivity index (χ2v) is 2.35. The fourth-order valence-corrected chi connectivity index (χ4v) is 0.729. The highest BCUT2D eigenvalue weighted by Crippen LogP contribution is 2.08. The lowest BCUT2D eigenvalue weighted by Crippen LogP contribution is -1.97. The molecule has 1 aromatic carbocycles. The van der Waals surface area contributed by atoms with Crippen molar-refractivity contribution in [2.75, 3.05) is 6.61 Å². The van der Waals surface area contributed by atoms with Crippen molar-refractivity contribution in [3.63, 3.8) is 0 Å². The molecule has 0 aliphatic heterocycles. The van der Waals surface area contributed by atoms with Gasteiger partial charge in [-0.25, -0.2) is 0 Å². The van der Waals surface area contributed by atoms with Gasteiger partial charge >= 0.3 is 0 Å². The monoisotopic (exact) mass is 158 g/mol. The third kappa shape index (κ3) is 2.51. The molecule has 0 N–H and O–H groups in total. The van der Waals surface area contributed by atoms with E-state index in [1.54, 1.807) is 0 Å². The summed E-state index contributed by atoms with van der Waals surface area (Å²) in [5.41, 5.74) is 0.652. The van der Waals surface area contributed by atoms with E-state index >= 15 is 0 Å². The summed E-state index contributed by atoms with van der Waals surface area (Å²) in [6.45, 7) is 4.02. The van der Waals surface area contributed by atoms with Crippen LogP contribution in [0.15, 0.2) is 42.5 Å². The molecule has 1 heteroatoms. The Morgan fingerprint density at radius 2 is 2.08 bits per heavy atom. The molecule has 1 aromatic rings. The van der Waals surface area contributed by atoms with Gasteiger partial charge in [-0.3, -0.25) is 0 Å². The summed E-state index contributed by atoms with van der Waals surface area (Å²) in [7, 11) is 0. The topological polar surface area (TPSA) is 9.23 Å². The Labute approximate surface area is 72.7 Å². The third-order valence-corrected chi connectivity index (χ3v) is 1.36. The average Bonchev–Trinajstić information content (AvgIpc) is 2.16. The van der Waals surface area contributed by atoms with Gasteiger partial charge in [-0.1, -0.05) is 30.7 Å². The van der Waals surface area contributed by atoms with Crippen LogP contribution in [-0.4, -0.2) is 6.61 Å². The lowest BCUT2D eigenvalue weighted by molar-refractivity contribution is 0.357. The van der Waals surface area contributed by atoms with Gasteiger partial charge in [-0.2, -0.15) is 0 Å². The first kappa shape index (κ1) is 8.42. The lowest BCUT2D eigenvalue weighted by atomic mass is 10.3. The van der Waals surface area contributed by atoms with Crippen molar-refractivity contribution in [3.05, 3.63) is 42.5 Å². The molecule has 0 aliphatic rings. The minimum absolute atomic E-state index is 0.389. The van der Waals surface area contributed by atoms with Crippen LogP contribution in [0.1, 0.15) is 0 Å². The minimum atomic E-state index is 0.389. The SMILES string of the molecule is C#CC(=C)COc1ccccc1. The third-order valence-electron chi connectivity index (χ3n) is 1.36. The van der Waals surface area contributed by atoms with Gasteiger partial charge in [-0.05, 0) is 12.1 Å². The summed E-state index contributed by atoms with van der Waals surface area (Å²) >= 11 is 0. The van der Waals surface area contributed by atoms with Crippen LogP contribution in [0.2, 0.25) is 0 Å². The van der Waals surface area contributed by atoms with E-state index in [9.17, 15) is 0 Å². The molecular weight excluding hydrogens is 148 g/mol. The first-order valence-electron chi connectivity index (χ1n) is 3.65. The first-order valence-corrected chi connectivity index (χ1v) is 3.65. The van der Waals surface area contributed by atoms with Crippen molar-refractivity contribution in [1.29, 1.82) is 0 Å². The van der Waals surface area contributed by atoms with Gasteiger partial charge in [-0.15, -0.1) is 6.42 Å². The molecule has 60 valence electrons. The molecule has 1 nitrogen and oxygen atoms in total. The van der Waals surface area contributed by atoms with Crippen molar-refractivity contribution in [2.24, 2.45) is 0 Å². The first-order chi connectivity index (χ1) is 5.83. The molecule has 0 atom stereocenters. The smallest absolute Gasteiger partial charge is 0.120 e. The molecule has 0 unspecified atom stereocenters. The summed E-state index contributed by atoms with van der Waals surface area (Å²) in [5, 5.41) is 0. The van der Waals surface area contributed by atoms with Crippen LogP contribution in [0.5, 0.6) is 5.75 Å². The zero-order valence-electron chi connectivity index (χ0n) is 6.79. The van der Waals surface area contributed by atoms with Crippen LogP contribution in [0, 0.1) is 12.3 Å². The van der Waals surface area contributed by atoms with E-state index in [1.165, 1.54) is 0 Å². The number of ether oxygens (including phenoxy) is 1. The Hall–Kier alpha value is -1.68. The van der Waals surface area contributed by atoms with Crippen molar-refractivity contribution in [1.82, 2.24) is 0 Å². The molecule has 0 amide bonds. The van der Waals surface area contributed by atoms with Crippen LogP contribution in [0.25, 0.3) is 0 Å². The molecule has 1 rings (SSSR count).